The molecular formula is C22H28N2O2S. The summed E-state index contributed by atoms with van der Waals surface area (Å²) in [6.07, 6.45) is 0.446. The summed E-state index contributed by atoms with van der Waals surface area (Å²) in [7, 11) is 0. The number of thioether (sulfide) groups is 1. The van der Waals surface area contributed by atoms with Crippen LogP contribution in [0.2, 0.25) is 0 Å². The van der Waals surface area contributed by atoms with Gasteiger partial charge < -0.3 is 10.4 Å². The lowest BCUT2D eigenvalue weighted by atomic mass is 10.1. The zero-order valence-electron chi connectivity index (χ0n) is 15.8. The molecule has 1 aliphatic rings. The van der Waals surface area contributed by atoms with Crippen LogP contribution in [0.15, 0.2) is 60.7 Å². The normalized spacial score (nSPS) is 19.6. The molecule has 2 aromatic carbocycles. The smallest absolute Gasteiger partial charge is 0.233 e. The minimum atomic E-state index is -0.542. The van der Waals surface area contributed by atoms with Crippen molar-refractivity contribution in [2.45, 2.75) is 37.3 Å². The van der Waals surface area contributed by atoms with Crippen molar-refractivity contribution in [2.75, 3.05) is 18.8 Å². The maximum absolute atomic E-state index is 12.5. The van der Waals surface area contributed by atoms with Gasteiger partial charge in [0.25, 0.3) is 0 Å². The highest BCUT2D eigenvalue weighted by molar-refractivity contribution is 8.00. The molecular weight excluding hydrogens is 356 g/mol. The van der Waals surface area contributed by atoms with Crippen LogP contribution in [0.3, 0.4) is 0 Å². The predicted molar refractivity (Wildman–Crippen MR) is 112 cm³/mol. The number of carbonyl (C=O) groups excluding carboxylic acids is 1. The molecule has 0 radical (unpaired) electrons. The number of rotatable bonds is 8. The Bertz CT molecular complexity index is 711. The molecule has 0 aliphatic carbocycles. The van der Waals surface area contributed by atoms with Crippen molar-refractivity contribution in [3.05, 3.63) is 71.8 Å². The highest BCUT2D eigenvalue weighted by Crippen LogP contribution is 2.22. The molecule has 1 amide bonds. The summed E-state index contributed by atoms with van der Waals surface area (Å²) < 4.78 is 0. The zero-order chi connectivity index (χ0) is 19.1. The van der Waals surface area contributed by atoms with E-state index in [-0.39, 0.29) is 17.2 Å². The lowest BCUT2D eigenvalue weighted by Gasteiger charge is -2.19. The maximum atomic E-state index is 12.5. The van der Waals surface area contributed by atoms with Gasteiger partial charge in [-0.2, -0.15) is 0 Å². The first-order chi connectivity index (χ1) is 13.1. The van der Waals surface area contributed by atoms with Gasteiger partial charge in [-0.3, -0.25) is 9.69 Å². The van der Waals surface area contributed by atoms with Crippen molar-refractivity contribution in [3.63, 3.8) is 0 Å². The van der Waals surface area contributed by atoms with Crippen molar-refractivity contribution in [3.8, 4) is 0 Å². The van der Waals surface area contributed by atoms with E-state index in [0.717, 1.165) is 31.6 Å². The van der Waals surface area contributed by atoms with Crippen molar-refractivity contribution in [1.29, 1.82) is 0 Å². The molecule has 0 aromatic heterocycles. The molecule has 1 saturated heterocycles. The number of nitrogens with zero attached hydrogens (tertiary/aromatic N) is 1. The predicted octanol–water partition coefficient (Wildman–Crippen LogP) is 3.23. The van der Waals surface area contributed by atoms with E-state index in [0.29, 0.717) is 5.75 Å². The number of benzene rings is 2. The Morgan fingerprint density at radius 2 is 1.85 bits per heavy atom. The second-order valence-corrected chi connectivity index (χ2v) is 8.49. The zero-order valence-corrected chi connectivity index (χ0v) is 16.6. The fourth-order valence-corrected chi connectivity index (χ4v) is 4.22. The number of carbonyl (C=O) groups is 1. The van der Waals surface area contributed by atoms with E-state index in [1.165, 1.54) is 17.3 Å². The quantitative estimate of drug-likeness (QED) is 0.734. The van der Waals surface area contributed by atoms with E-state index in [2.05, 4.69) is 34.5 Å². The van der Waals surface area contributed by atoms with E-state index >= 15 is 0 Å². The van der Waals surface area contributed by atoms with E-state index in [1.807, 2.05) is 43.3 Å². The van der Waals surface area contributed by atoms with Gasteiger partial charge in [0.05, 0.1) is 11.4 Å². The molecule has 2 aromatic rings. The molecule has 4 nitrogen and oxygen atoms in total. The van der Waals surface area contributed by atoms with Crippen LogP contribution < -0.4 is 5.32 Å². The second kappa shape index (κ2) is 9.93. The van der Waals surface area contributed by atoms with Gasteiger partial charge in [-0.25, -0.2) is 0 Å². The SMILES string of the molecule is CC(SCC(O)c1ccccc1)C(=O)NC1CCN(Cc2ccccc2)C1. The molecule has 5 heteroatoms. The summed E-state index contributed by atoms with van der Waals surface area (Å²) in [5, 5.41) is 13.3. The van der Waals surface area contributed by atoms with Gasteiger partial charge in [0.2, 0.25) is 5.91 Å². The Morgan fingerprint density at radius 1 is 1.19 bits per heavy atom. The summed E-state index contributed by atoms with van der Waals surface area (Å²) >= 11 is 1.50. The number of likely N-dealkylation sites (tertiary alicyclic amines) is 1. The Balaban J connectivity index is 1.39. The Hall–Kier alpha value is -1.82. The third kappa shape index (κ3) is 6.09. The minimum absolute atomic E-state index is 0.0619. The number of hydrogen-bond donors (Lipinski definition) is 2. The summed E-state index contributed by atoms with van der Waals surface area (Å²) in [6.45, 7) is 4.74. The van der Waals surface area contributed by atoms with Gasteiger partial charge in [-0.1, -0.05) is 60.7 Å². The van der Waals surface area contributed by atoms with Gasteiger partial charge in [0.15, 0.2) is 0 Å². The minimum Gasteiger partial charge on any atom is -0.388 e. The summed E-state index contributed by atoms with van der Waals surface area (Å²) in [6, 6.07) is 20.2. The standard InChI is InChI=1S/C22H28N2O2S/c1-17(27-16-21(25)19-10-6-3-7-11-19)22(26)23-20-12-13-24(15-20)14-18-8-4-2-5-9-18/h2-11,17,20-21,25H,12-16H2,1H3,(H,23,26). The molecule has 1 aliphatic heterocycles. The highest BCUT2D eigenvalue weighted by Gasteiger charge is 2.26. The summed E-state index contributed by atoms with van der Waals surface area (Å²) in [5.74, 6) is 0.579. The van der Waals surface area contributed by atoms with Crippen LogP contribution in [0.4, 0.5) is 0 Å². The molecule has 0 spiro atoms. The first kappa shape index (κ1) is 19.9. The molecule has 2 N–H and O–H groups in total. The first-order valence-corrected chi connectivity index (χ1v) is 10.6. The van der Waals surface area contributed by atoms with E-state index in [4.69, 9.17) is 0 Å². The van der Waals surface area contributed by atoms with Crippen molar-refractivity contribution in [2.24, 2.45) is 0 Å². The van der Waals surface area contributed by atoms with Gasteiger partial charge in [-0.15, -0.1) is 11.8 Å². The lowest BCUT2D eigenvalue weighted by Crippen LogP contribution is -2.41. The molecule has 144 valence electrons. The van der Waals surface area contributed by atoms with Crippen LogP contribution in [0.5, 0.6) is 0 Å². The molecule has 1 heterocycles. The molecule has 0 saturated carbocycles. The average Bonchev–Trinajstić information content (AvgIpc) is 3.14. The van der Waals surface area contributed by atoms with Crippen LogP contribution in [-0.2, 0) is 11.3 Å². The van der Waals surface area contributed by atoms with Gasteiger partial charge in [0.1, 0.15) is 0 Å². The largest absolute Gasteiger partial charge is 0.388 e. The number of aliphatic hydroxyl groups is 1. The Labute approximate surface area is 166 Å². The number of aliphatic hydroxyl groups excluding tert-OH is 1. The number of nitrogens with one attached hydrogen (secondary N) is 1. The monoisotopic (exact) mass is 384 g/mol. The topological polar surface area (TPSA) is 52.6 Å². The van der Waals surface area contributed by atoms with Gasteiger partial charge in [0, 0.05) is 31.4 Å². The third-order valence-corrected chi connectivity index (χ3v) is 6.15. The van der Waals surface area contributed by atoms with Crippen LogP contribution >= 0.6 is 11.8 Å². The fraction of sp³-hybridized carbons (Fsp3) is 0.409. The average molecular weight is 385 g/mol. The summed E-state index contributed by atoms with van der Waals surface area (Å²) in [4.78, 5) is 14.9. The molecule has 3 rings (SSSR count). The van der Waals surface area contributed by atoms with E-state index in [1.54, 1.807) is 0 Å². The number of hydrogen-bond acceptors (Lipinski definition) is 4. The Morgan fingerprint density at radius 3 is 2.56 bits per heavy atom. The highest BCUT2D eigenvalue weighted by atomic mass is 32.2. The molecule has 3 unspecified atom stereocenters. The maximum Gasteiger partial charge on any atom is 0.233 e. The van der Waals surface area contributed by atoms with Gasteiger partial charge >= 0.3 is 0 Å². The lowest BCUT2D eigenvalue weighted by molar-refractivity contribution is -0.120. The molecule has 0 bridgehead atoms. The van der Waals surface area contributed by atoms with Crippen LogP contribution in [0.25, 0.3) is 0 Å². The third-order valence-electron chi connectivity index (χ3n) is 4.93. The van der Waals surface area contributed by atoms with E-state index in [9.17, 15) is 9.90 Å². The second-order valence-electron chi connectivity index (χ2n) is 7.12. The summed E-state index contributed by atoms with van der Waals surface area (Å²) in [5.41, 5.74) is 2.20. The number of amides is 1. The first-order valence-electron chi connectivity index (χ1n) is 9.53. The van der Waals surface area contributed by atoms with E-state index < -0.39 is 6.10 Å². The molecule has 1 fully saturated rings. The van der Waals surface area contributed by atoms with Crippen LogP contribution in [0.1, 0.15) is 30.6 Å². The van der Waals surface area contributed by atoms with Crippen LogP contribution in [0, 0.1) is 0 Å². The fourth-order valence-electron chi connectivity index (χ4n) is 3.34. The van der Waals surface area contributed by atoms with Crippen molar-refractivity contribution < 1.29 is 9.90 Å². The molecule has 3 atom stereocenters. The molecule has 27 heavy (non-hydrogen) atoms. The van der Waals surface area contributed by atoms with Crippen molar-refractivity contribution >= 4 is 17.7 Å². The van der Waals surface area contributed by atoms with Crippen molar-refractivity contribution in [1.82, 2.24) is 10.2 Å². The Kier molecular flexibility index (Phi) is 7.33. The van der Waals surface area contributed by atoms with Crippen LogP contribution in [-0.4, -0.2) is 46.0 Å². The van der Waals surface area contributed by atoms with Gasteiger partial charge in [-0.05, 0) is 24.5 Å².